The molecule has 16 heavy (non-hydrogen) atoms. The third-order valence-corrected chi connectivity index (χ3v) is 3.82. The van der Waals surface area contributed by atoms with E-state index in [2.05, 4.69) is 5.32 Å². The van der Waals surface area contributed by atoms with E-state index in [1.807, 2.05) is 6.92 Å². The molecule has 0 spiro atoms. The first-order chi connectivity index (χ1) is 7.50. The Kier molecular flexibility index (Phi) is 4.70. The maximum absolute atomic E-state index is 13.3. The second-order valence-corrected chi connectivity index (χ2v) is 4.85. The predicted octanol–water partition coefficient (Wildman–Crippen LogP) is 2.03. The van der Waals surface area contributed by atoms with Crippen molar-refractivity contribution < 1.29 is 13.9 Å². The number of benzene rings is 1. The molecule has 0 saturated heterocycles. The monoisotopic (exact) mass is 247 g/mol. The van der Waals surface area contributed by atoms with Gasteiger partial charge in [-0.05, 0) is 26.1 Å². The molecule has 2 N–H and O–H groups in total. The van der Waals surface area contributed by atoms with Gasteiger partial charge in [-0.3, -0.25) is 0 Å². The van der Waals surface area contributed by atoms with Crippen molar-refractivity contribution in [2.24, 2.45) is 0 Å². The Morgan fingerprint density at radius 2 is 2.12 bits per heavy atom. The van der Waals surface area contributed by atoms with Gasteiger partial charge in [0.05, 0.1) is 6.61 Å². The molecule has 0 saturated carbocycles. The van der Waals surface area contributed by atoms with E-state index in [0.29, 0.717) is 10.6 Å². The lowest BCUT2D eigenvalue weighted by atomic mass is 10.1. The van der Waals surface area contributed by atoms with Crippen molar-refractivity contribution in [1.29, 1.82) is 0 Å². The summed E-state index contributed by atoms with van der Waals surface area (Å²) in [7, 11) is 1.73. The fraction of sp³-hybridized carbons (Fsp3) is 0.455. The molecular weight excluding hydrogens is 232 g/mol. The van der Waals surface area contributed by atoms with E-state index in [0.717, 1.165) is 6.07 Å². The van der Waals surface area contributed by atoms with Gasteiger partial charge in [0.15, 0.2) is 0 Å². The summed E-state index contributed by atoms with van der Waals surface area (Å²) in [5.74, 6) is -0.649. The Balaban J connectivity index is 2.67. The molecule has 5 heteroatoms. The summed E-state index contributed by atoms with van der Waals surface area (Å²) in [5.41, 5.74) is -0.467. The zero-order chi connectivity index (χ0) is 12.2. The molecule has 0 aliphatic rings. The molecule has 0 aliphatic carbocycles. The maximum Gasteiger partial charge on any atom is 0.139 e. The van der Waals surface area contributed by atoms with Crippen LogP contribution in [0.15, 0.2) is 23.1 Å². The Labute approximate surface area is 98.1 Å². The topological polar surface area (TPSA) is 32.3 Å². The van der Waals surface area contributed by atoms with Crippen molar-refractivity contribution in [1.82, 2.24) is 5.32 Å². The molecule has 0 amide bonds. The van der Waals surface area contributed by atoms with Gasteiger partial charge < -0.3 is 10.4 Å². The van der Waals surface area contributed by atoms with Crippen molar-refractivity contribution >= 4 is 11.8 Å². The summed E-state index contributed by atoms with van der Waals surface area (Å²) in [6.45, 7) is 1.79. The van der Waals surface area contributed by atoms with Crippen LogP contribution in [0, 0.1) is 11.6 Å². The molecule has 90 valence electrons. The van der Waals surface area contributed by atoms with Crippen LogP contribution < -0.4 is 5.32 Å². The number of aliphatic hydroxyl groups is 1. The number of thioether (sulfide) groups is 1. The van der Waals surface area contributed by atoms with Crippen LogP contribution in [0.1, 0.15) is 6.92 Å². The zero-order valence-corrected chi connectivity index (χ0v) is 10.1. The van der Waals surface area contributed by atoms with Crippen LogP contribution >= 0.6 is 11.8 Å². The minimum atomic E-state index is -0.583. The van der Waals surface area contributed by atoms with Crippen LogP contribution in [0.5, 0.6) is 0 Å². The van der Waals surface area contributed by atoms with Crippen LogP contribution in [0.4, 0.5) is 8.78 Å². The minimum absolute atomic E-state index is 0.0423. The number of nitrogens with one attached hydrogen (secondary N) is 1. The normalized spacial score (nSPS) is 14.8. The highest BCUT2D eigenvalue weighted by Crippen LogP contribution is 2.25. The van der Waals surface area contributed by atoms with Gasteiger partial charge >= 0.3 is 0 Å². The Bertz CT molecular complexity index is 356. The summed E-state index contributed by atoms with van der Waals surface area (Å²) >= 11 is 1.25. The van der Waals surface area contributed by atoms with E-state index in [9.17, 15) is 8.78 Å². The van der Waals surface area contributed by atoms with Gasteiger partial charge in [0, 0.05) is 22.3 Å². The fourth-order valence-electron chi connectivity index (χ4n) is 1.03. The van der Waals surface area contributed by atoms with Gasteiger partial charge in [-0.1, -0.05) is 0 Å². The molecular formula is C11H15F2NOS. The quantitative estimate of drug-likeness (QED) is 0.781. The fourth-order valence-corrected chi connectivity index (χ4v) is 2.10. The van der Waals surface area contributed by atoms with Crippen molar-refractivity contribution in [2.45, 2.75) is 17.4 Å². The number of rotatable bonds is 5. The molecule has 1 atom stereocenters. The van der Waals surface area contributed by atoms with Gasteiger partial charge in [-0.15, -0.1) is 11.8 Å². The lowest BCUT2D eigenvalue weighted by Gasteiger charge is -2.26. The van der Waals surface area contributed by atoms with Crippen molar-refractivity contribution in [3.63, 3.8) is 0 Å². The minimum Gasteiger partial charge on any atom is -0.394 e. The predicted molar refractivity (Wildman–Crippen MR) is 61.6 cm³/mol. The molecule has 0 aliphatic heterocycles. The average Bonchev–Trinajstić information content (AvgIpc) is 2.27. The summed E-state index contributed by atoms with van der Waals surface area (Å²) in [5, 5.41) is 12.1. The van der Waals surface area contributed by atoms with Crippen molar-refractivity contribution in [3.8, 4) is 0 Å². The highest BCUT2D eigenvalue weighted by molar-refractivity contribution is 7.99. The van der Waals surface area contributed by atoms with Gasteiger partial charge in [0.1, 0.15) is 11.6 Å². The average molecular weight is 247 g/mol. The van der Waals surface area contributed by atoms with Crippen LogP contribution in [0.2, 0.25) is 0 Å². The first-order valence-electron chi connectivity index (χ1n) is 4.88. The van der Waals surface area contributed by atoms with E-state index in [4.69, 9.17) is 5.11 Å². The highest BCUT2D eigenvalue weighted by atomic mass is 32.2. The molecule has 0 bridgehead atoms. The van der Waals surface area contributed by atoms with Crippen molar-refractivity contribution in [3.05, 3.63) is 29.8 Å². The lowest BCUT2D eigenvalue weighted by Crippen LogP contribution is -2.45. The second kappa shape index (κ2) is 5.61. The molecule has 0 aromatic heterocycles. The molecule has 1 rings (SSSR count). The second-order valence-electron chi connectivity index (χ2n) is 3.83. The standard InChI is InChI=1S/C11H15F2NOS/c1-11(6-15,14-2)7-16-10-4-3-8(12)5-9(10)13/h3-5,14-15H,6-7H2,1-2H3. The smallest absolute Gasteiger partial charge is 0.139 e. The van der Waals surface area contributed by atoms with E-state index >= 15 is 0 Å². The third kappa shape index (κ3) is 3.43. The number of halogens is 2. The molecule has 1 aromatic rings. The first-order valence-corrected chi connectivity index (χ1v) is 5.87. The summed E-state index contributed by atoms with van der Waals surface area (Å²) in [6.07, 6.45) is 0. The van der Waals surface area contributed by atoms with Crippen LogP contribution in [-0.4, -0.2) is 30.1 Å². The zero-order valence-electron chi connectivity index (χ0n) is 9.26. The van der Waals surface area contributed by atoms with Gasteiger partial charge in [-0.25, -0.2) is 8.78 Å². The molecule has 1 aromatic carbocycles. The largest absolute Gasteiger partial charge is 0.394 e. The van der Waals surface area contributed by atoms with E-state index in [-0.39, 0.29) is 6.61 Å². The molecule has 2 nitrogen and oxygen atoms in total. The number of hydrogen-bond donors (Lipinski definition) is 2. The number of hydrogen-bond acceptors (Lipinski definition) is 3. The summed E-state index contributed by atoms with van der Waals surface area (Å²) in [4.78, 5) is 0.385. The van der Waals surface area contributed by atoms with E-state index in [1.54, 1.807) is 7.05 Å². The van der Waals surface area contributed by atoms with Crippen LogP contribution in [-0.2, 0) is 0 Å². The number of likely N-dealkylation sites (N-methyl/N-ethyl adjacent to an activating group) is 1. The Hall–Kier alpha value is -0.650. The Morgan fingerprint density at radius 3 is 2.62 bits per heavy atom. The van der Waals surface area contributed by atoms with Gasteiger partial charge in [0.25, 0.3) is 0 Å². The third-order valence-electron chi connectivity index (χ3n) is 2.39. The van der Waals surface area contributed by atoms with Gasteiger partial charge in [0.2, 0.25) is 0 Å². The molecule has 1 unspecified atom stereocenters. The highest BCUT2D eigenvalue weighted by Gasteiger charge is 2.21. The first kappa shape index (κ1) is 13.4. The lowest BCUT2D eigenvalue weighted by molar-refractivity contribution is 0.200. The van der Waals surface area contributed by atoms with Gasteiger partial charge in [-0.2, -0.15) is 0 Å². The molecule has 0 radical (unpaired) electrons. The maximum atomic E-state index is 13.3. The summed E-state index contributed by atoms with van der Waals surface area (Å²) in [6, 6.07) is 3.49. The van der Waals surface area contributed by atoms with E-state index < -0.39 is 17.2 Å². The molecule has 0 fully saturated rings. The van der Waals surface area contributed by atoms with Crippen LogP contribution in [0.3, 0.4) is 0 Å². The van der Waals surface area contributed by atoms with E-state index in [1.165, 1.54) is 23.9 Å². The SMILES string of the molecule is CNC(C)(CO)CSc1ccc(F)cc1F. The Morgan fingerprint density at radius 1 is 1.44 bits per heavy atom. The molecule has 0 heterocycles. The summed E-state index contributed by atoms with van der Waals surface area (Å²) < 4.78 is 25.9. The van der Waals surface area contributed by atoms with Crippen LogP contribution in [0.25, 0.3) is 0 Å². The van der Waals surface area contributed by atoms with Crippen molar-refractivity contribution in [2.75, 3.05) is 19.4 Å². The number of aliphatic hydroxyl groups excluding tert-OH is 1.